The van der Waals surface area contributed by atoms with Crippen molar-refractivity contribution in [2.24, 2.45) is 23.2 Å². The second-order valence-electron chi connectivity index (χ2n) is 19.9. The Hall–Kier alpha value is -4.45. The fraction of sp³-hybridized carbons (Fsp3) is 0.620. The van der Waals surface area contributed by atoms with Crippen LogP contribution in [0.1, 0.15) is 96.7 Å². The van der Waals surface area contributed by atoms with Crippen molar-refractivity contribution in [2.45, 2.75) is 112 Å². The molecule has 0 spiro atoms. The summed E-state index contributed by atoms with van der Waals surface area (Å²) in [5, 5.41) is 8.20. The van der Waals surface area contributed by atoms with Crippen LogP contribution < -0.4 is 15.6 Å². The summed E-state index contributed by atoms with van der Waals surface area (Å²) in [6.07, 6.45) is 2.48. The van der Waals surface area contributed by atoms with Crippen molar-refractivity contribution in [3.63, 3.8) is 0 Å². The number of cyclic esters (lactones) is 1. The highest BCUT2D eigenvalue weighted by Crippen LogP contribution is 2.46. The normalized spacial score (nSPS) is 25.5. The number of aromatic nitrogens is 3. The number of pyridine rings is 1. The number of nitrogens with one attached hydrogen (secondary N) is 2. The van der Waals surface area contributed by atoms with Crippen molar-refractivity contribution in [1.29, 1.82) is 0 Å². The molecule has 2 N–H and O–H groups in total. The minimum absolute atomic E-state index is 0.0476. The second-order valence-corrected chi connectivity index (χ2v) is 20.8. The molecule has 3 aliphatic heterocycles. The quantitative estimate of drug-likeness (QED) is 0.144. The van der Waals surface area contributed by atoms with Crippen molar-refractivity contribution >= 4 is 45.7 Å². The lowest BCUT2D eigenvalue weighted by molar-refractivity contribution is -0.156. The molecule has 1 aliphatic carbocycles. The molecule has 15 nitrogen and oxygen atoms in total. The maximum Gasteiger partial charge on any atom is 0.324 e. The predicted molar refractivity (Wildman–Crippen MR) is 257 cm³/mol. The van der Waals surface area contributed by atoms with Gasteiger partial charge in [0.2, 0.25) is 5.91 Å². The zero-order chi connectivity index (χ0) is 47.0. The number of amides is 2. The van der Waals surface area contributed by atoms with Crippen molar-refractivity contribution < 1.29 is 33.3 Å². The third-order valence-corrected chi connectivity index (χ3v) is 15.0. The molecule has 6 heterocycles. The average Bonchev–Trinajstić information content (AvgIpc) is 3.56. The molecule has 8 rings (SSSR count). The first-order valence-corrected chi connectivity index (χ1v) is 24.8. The highest BCUT2D eigenvalue weighted by atomic mass is 32.1. The molecular formula is C50H70N8O7S. The lowest BCUT2D eigenvalue weighted by Crippen LogP contribution is -2.61. The molecule has 0 unspecified atom stereocenters. The van der Waals surface area contributed by atoms with Crippen molar-refractivity contribution in [3.05, 3.63) is 52.1 Å². The number of hydrazine groups is 1. The molecule has 4 aliphatic rings. The van der Waals surface area contributed by atoms with Crippen LogP contribution in [0.5, 0.6) is 0 Å². The summed E-state index contributed by atoms with van der Waals surface area (Å²) < 4.78 is 27.3. The molecule has 358 valence electrons. The molecule has 3 fully saturated rings. The van der Waals surface area contributed by atoms with Crippen molar-refractivity contribution in [1.82, 2.24) is 35.2 Å². The van der Waals surface area contributed by atoms with Gasteiger partial charge in [-0.2, -0.15) is 0 Å². The number of carbonyl (C=O) groups is 3. The number of hydrogen-bond acceptors (Lipinski definition) is 13. The zero-order valence-electron chi connectivity index (χ0n) is 40.5. The van der Waals surface area contributed by atoms with Crippen LogP contribution in [0.4, 0.5) is 5.69 Å². The number of hydrogen-bond donors (Lipinski definition) is 2. The molecule has 1 aromatic carbocycles. The molecule has 66 heavy (non-hydrogen) atoms. The topological polar surface area (TPSA) is 153 Å². The number of methoxy groups -OCH3 is 1. The monoisotopic (exact) mass is 927 g/mol. The molecule has 3 aromatic heterocycles. The van der Waals surface area contributed by atoms with E-state index in [1.165, 1.54) is 16.3 Å². The van der Waals surface area contributed by atoms with Gasteiger partial charge in [0.1, 0.15) is 23.2 Å². The van der Waals surface area contributed by atoms with E-state index >= 15 is 0 Å². The largest absolute Gasteiger partial charge is 0.464 e. The highest BCUT2D eigenvalue weighted by Gasteiger charge is 2.50. The molecule has 4 aromatic rings. The molecular weight excluding hydrogens is 857 g/mol. The van der Waals surface area contributed by atoms with Crippen LogP contribution in [0.15, 0.2) is 35.8 Å². The van der Waals surface area contributed by atoms with E-state index in [-0.39, 0.29) is 55.0 Å². The first-order chi connectivity index (χ1) is 31.6. The van der Waals surface area contributed by atoms with Gasteiger partial charge >= 0.3 is 5.97 Å². The standard InChI is InChI=1S/C50H70N8O7S/c1-11-63-45-43(53-46(59)41-30(4)31(41)5)48(60)58-16-12-13-38(54-58)49(61)65-28-50(7,8)25-37-35-23-33(39-27-66-47(45)52-39)14-15-40(35)57(21-22-64-29(2)3)44(37)36-24-34(26-51-42(36)32(6)62-10)56-19-17-55(9)18-20-56/h14-15,23-24,26-27,29-32,38,41,43,45,54H,11-13,16-22,25,28H2,1-10H3,(H,53,59)/t30-,31+,32-,38-,41+,43-,45-/m0/s1. The van der Waals surface area contributed by atoms with E-state index in [1.807, 2.05) is 25.4 Å². The van der Waals surface area contributed by atoms with Gasteiger partial charge in [0.05, 0.1) is 54.4 Å². The number of benzene rings is 1. The van der Waals surface area contributed by atoms with E-state index in [9.17, 15) is 14.4 Å². The summed E-state index contributed by atoms with van der Waals surface area (Å²) in [7, 11) is 3.88. The molecule has 2 saturated heterocycles. The lowest BCUT2D eigenvalue weighted by atomic mass is 9.84. The van der Waals surface area contributed by atoms with E-state index < -0.39 is 29.6 Å². The Labute approximate surface area is 393 Å². The van der Waals surface area contributed by atoms with Crippen LogP contribution in [0, 0.1) is 23.2 Å². The number of piperazine rings is 1. The van der Waals surface area contributed by atoms with Crippen molar-refractivity contribution in [3.8, 4) is 22.5 Å². The highest BCUT2D eigenvalue weighted by molar-refractivity contribution is 7.10. The van der Waals surface area contributed by atoms with Gasteiger partial charge in [-0.3, -0.25) is 24.4 Å². The molecule has 1 saturated carbocycles. The van der Waals surface area contributed by atoms with Gasteiger partial charge in [-0.1, -0.05) is 33.8 Å². The minimum Gasteiger partial charge on any atom is -0.464 e. The summed E-state index contributed by atoms with van der Waals surface area (Å²) in [5.74, 6) is -0.778. The summed E-state index contributed by atoms with van der Waals surface area (Å²) in [6.45, 7) is 22.0. The summed E-state index contributed by atoms with van der Waals surface area (Å²) in [6, 6.07) is 6.93. The Morgan fingerprint density at radius 2 is 1.83 bits per heavy atom. The number of esters is 1. The first kappa shape index (κ1) is 48.0. The van der Waals surface area contributed by atoms with Crippen molar-refractivity contribution in [2.75, 3.05) is 71.6 Å². The zero-order valence-corrected chi connectivity index (χ0v) is 41.3. The Bertz CT molecular complexity index is 2380. The van der Waals surface area contributed by atoms with Gasteiger partial charge in [0.25, 0.3) is 5.91 Å². The molecule has 0 radical (unpaired) electrons. The molecule has 16 heteroatoms. The van der Waals surface area contributed by atoms with E-state index in [2.05, 4.69) is 98.0 Å². The Morgan fingerprint density at radius 1 is 1.08 bits per heavy atom. The third-order valence-electron chi connectivity index (χ3n) is 14.1. The van der Waals surface area contributed by atoms with Crippen LogP contribution in [0.3, 0.4) is 0 Å². The average molecular weight is 927 g/mol. The fourth-order valence-corrected chi connectivity index (χ4v) is 10.8. The Balaban J connectivity index is 1.32. The van der Waals surface area contributed by atoms with Crippen LogP contribution in [-0.2, 0) is 46.3 Å². The maximum absolute atomic E-state index is 14.7. The van der Waals surface area contributed by atoms with Gasteiger partial charge in [-0.15, -0.1) is 11.3 Å². The second kappa shape index (κ2) is 20.0. The number of likely N-dealkylation sites (N-methyl/N-ethyl adjacent to an activating group) is 1. The van der Waals surface area contributed by atoms with E-state index in [1.54, 1.807) is 7.11 Å². The molecule has 6 bridgehead atoms. The van der Waals surface area contributed by atoms with Crippen LogP contribution in [0.25, 0.3) is 33.4 Å². The minimum atomic E-state index is -1.09. The van der Waals surface area contributed by atoms with E-state index in [4.69, 9.17) is 28.9 Å². The van der Waals surface area contributed by atoms with Gasteiger partial charge in [-0.05, 0) is 89.6 Å². The van der Waals surface area contributed by atoms with Gasteiger partial charge in [-0.25, -0.2) is 10.4 Å². The third kappa shape index (κ3) is 10.0. The van der Waals surface area contributed by atoms with E-state index in [0.717, 1.165) is 76.5 Å². The Kier molecular flexibility index (Phi) is 14.6. The molecule has 2 amide bonds. The van der Waals surface area contributed by atoms with E-state index in [0.29, 0.717) is 44.0 Å². The SMILES string of the molecule is CCO[C@@H]1c2nc(cs2)-c2ccc3c(c2)c(c(-c2cc(N4CCN(C)CC4)cnc2[C@H](C)OC)n3CCOC(C)C)CC(C)(C)COC(=O)[C@@H]2CCCN(N2)C(=O)[C@H]1NC(=O)[C@H]1[C@H](C)[C@@H]1C. The number of rotatable bonds is 12. The van der Waals surface area contributed by atoms with Crippen LogP contribution in [-0.4, -0.2) is 127 Å². The number of nitrogens with zero attached hydrogens (tertiary/aromatic N) is 6. The van der Waals surface area contributed by atoms with Gasteiger partial charge < -0.3 is 38.6 Å². The summed E-state index contributed by atoms with van der Waals surface area (Å²) in [5.41, 5.74) is 10.3. The maximum atomic E-state index is 14.7. The summed E-state index contributed by atoms with van der Waals surface area (Å²) in [4.78, 5) is 57.7. The van der Waals surface area contributed by atoms with Gasteiger partial charge in [0.15, 0.2) is 0 Å². The number of carbonyl (C=O) groups excluding carboxylic acids is 3. The lowest BCUT2D eigenvalue weighted by Gasteiger charge is -2.37. The Morgan fingerprint density at radius 3 is 2.53 bits per heavy atom. The van der Waals surface area contributed by atoms with Crippen LogP contribution in [0.2, 0.25) is 0 Å². The fourth-order valence-electron chi connectivity index (χ4n) is 9.89. The number of thiazole rings is 1. The number of anilines is 1. The first-order valence-electron chi connectivity index (χ1n) is 23.9. The number of ether oxygens (including phenoxy) is 4. The van der Waals surface area contributed by atoms with Crippen LogP contribution >= 0.6 is 11.3 Å². The number of fused-ring (bicyclic) bond motifs is 6. The summed E-state index contributed by atoms with van der Waals surface area (Å²) >= 11 is 1.41. The van der Waals surface area contributed by atoms with Gasteiger partial charge in [0, 0.05) is 91.7 Å². The smallest absolute Gasteiger partial charge is 0.324 e. The molecule has 7 atom stereocenters. The predicted octanol–water partition coefficient (Wildman–Crippen LogP) is 6.80.